The summed E-state index contributed by atoms with van der Waals surface area (Å²) in [6.07, 6.45) is 0.702. The molecule has 4 nitrogen and oxygen atoms in total. The highest BCUT2D eigenvalue weighted by molar-refractivity contribution is 8.03. The quantitative estimate of drug-likeness (QED) is 0.805. The Hall–Kier alpha value is -1.75. The number of imide groups is 1. The molecule has 0 saturated carbocycles. The number of ether oxygens (including phenoxy) is 1. The Morgan fingerprint density at radius 3 is 2.43 bits per heavy atom. The third kappa shape index (κ3) is 2.46. The first-order chi connectivity index (χ1) is 10.1. The predicted octanol–water partition coefficient (Wildman–Crippen LogP) is 3.06. The average Bonchev–Trinajstić information content (AvgIpc) is 2.74. The van der Waals surface area contributed by atoms with Crippen LogP contribution in [0.1, 0.15) is 41.0 Å². The van der Waals surface area contributed by atoms with Crippen LogP contribution in [0.25, 0.3) is 0 Å². The van der Waals surface area contributed by atoms with Gasteiger partial charge in [-0.15, -0.1) is 11.8 Å². The van der Waals surface area contributed by atoms with Gasteiger partial charge in [-0.1, -0.05) is 19.1 Å². The standard InChI is InChI=1S/C16H17NO3S/c1-3-14-10(2)21-9-11(20-14)8-17-15(18)12-6-4-5-7-13(12)16(17)19/h4-7,11H,3,8-9H2,1-2H3. The fourth-order valence-electron chi connectivity index (χ4n) is 2.65. The van der Waals surface area contributed by atoms with Crippen molar-refractivity contribution in [2.75, 3.05) is 12.3 Å². The van der Waals surface area contributed by atoms with Crippen molar-refractivity contribution in [3.63, 3.8) is 0 Å². The van der Waals surface area contributed by atoms with E-state index in [1.807, 2.05) is 13.8 Å². The molecule has 2 aliphatic heterocycles. The molecule has 0 saturated heterocycles. The SMILES string of the molecule is CCC1=C(C)SCC(CN2C(=O)c3ccccc3C2=O)O1. The maximum atomic E-state index is 12.3. The van der Waals surface area contributed by atoms with Crippen LogP contribution in [0.15, 0.2) is 34.9 Å². The van der Waals surface area contributed by atoms with Crippen molar-refractivity contribution < 1.29 is 14.3 Å². The van der Waals surface area contributed by atoms with E-state index in [-0.39, 0.29) is 17.9 Å². The van der Waals surface area contributed by atoms with E-state index in [2.05, 4.69) is 0 Å². The highest BCUT2D eigenvalue weighted by atomic mass is 32.2. The summed E-state index contributed by atoms with van der Waals surface area (Å²) in [5.41, 5.74) is 0.988. The molecule has 3 rings (SSSR count). The van der Waals surface area contributed by atoms with Gasteiger partial charge >= 0.3 is 0 Å². The zero-order chi connectivity index (χ0) is 15.0. The molecule has 1 atom stereocenters. The molecule has 2 amide bonds. The summed E-state index contributed by atoms with van der Waals surface area (Å²) < 4.78 is 5.92. The van der Waals surface area contributed by atoms with Gasteiger partial charge in [0.05, 0.1) is 17.7 Å². The number of fused-ring (bicyclic) bond motifs is 1. The molecule has 5 heteroatoms. The molecule has 21 heavy (non-hydrogen) atoms. The number of benzene rings is 1. The molecule has 1 aromatic carbocycles. The molecular formula is C16H17NO3S. The second kappa shape index (κ2) is 5.56. The van der Waals surface area contributed by atoms with Crippen LogP contribution in [0, 0.1) is 0 Å². The molecule has 0 aliphatic carbocycles. The van der Waals surface area contributed by atoms with Crippen molar-refractivity contribution >= 4 is 23.6 Å². The molecular weight excluding hydrogens is 286 g/mol. The zero-order valence-corrected chi connectivity index (χ0v) is 12.9. The van der Waals surface area contributed by atoms with Crippen molar-refractivity contribution in [1.82, 2.24) is 4.90 Å². The highest BCUT2D eigenvalue weighted by Gasteiger charge is 2.37. The summed E-state index contributed by atoms with van der Waals surface area (Å²) in [5, 5.41) is 0. The fraction of sp³-hybridized carbons (Fsp3) is 0.375. The number of thioether (sulfide) groups is 1. The van der Waals surface area contributed by atoms with Crippen LogP contribution in [0.4, 0.5) is 0 Å². The van der Waals surface area contributed by atoms with Gasteiger partial charge in [-0.3, -0.25) is 14.5 Å². The van der Waals surface area contributed by atoms with Crippen LogP contribution < -0.4 is 0 Å². The van der Waals surface area contributed by atoms with Gasteiger partial charge in [0.1, 0.15) is 11.9 Å². The van der Waals surface area contributed by atoms with Gasteiger partial charge in [-0.25, -0.2) is 0 Å². The Kier molecular flexibility index (Phi) is 3.76. The van der Waals surface area contributed by atoms with Gasteiger partial charge < -0.3 is 4.74 Å². The van der Waals surface area contributed by atoms with Crippen molar-refractivity contribution in [2.45, 2.75) is 26.4 Å². The van der Waals surface area contributed by atoms with E-state index in [1.165, 1.54) is 9.81 Å². The minimum absolute atomic E-state index is 0.129. The molecule has 2 heterocycles. The summed E-state index contributed by atoms with van der Waals surface area (Å²) >= 11 is 1.73. The Labute approximate surface area is 128 Å². The lowest BCUT2D eigenvalue weighted by atomic mass is 10.1. The van der Waals surface area contributed by atoms with Crippen LogP contribution in [-0.2, 0) is 4.74 Å². The van der Waals surface area contributed by atoms with E-state index in [1.54, 1.807) is 36.0 Å². The van der Waals surface area contributed by atoms with Crippen molar-refractivity contribution in [3.8, 4) is 0 Å². The Morgan fingerprint density at radius 1 is 1.24 bits per heavy atom. The number of rotatable bonds is 3. The van der Waals surface area contributed by atoms with Crippen molar-refractivity contribution in [1.29, 1.82) is 0 Å². The van der Waals surface area contributed by atoms with Gasteiger partial charge in [0, 0.05) is 17.1 Å². The van der Waals surface area contributed by atoms with Crippen LogP contribution in [0.3, 0.4) is 0 Å². The number of amides is 2. The van der Waals surface area contributed by atoms with E-state index in [0.29, 0.717) is 17.7 Å². The Balaban J connectivity index is 1.76. The lowest BCUT2D eigenvalue weighted by Gasteiger charge is -2.29. The molecule has 1 aromatic rings. The van der Waals surface area contributed by atoms with Crippen LogP contribution >= 0.6 is 11.8 Å². The highest BCUT2D eigenvalue weighted by Crippen LogP contribution is 2.31. The number of hydrogen-bond donors (Lipinski definition) is 0. The maximum Gasteiger partial charge on any atom is 0.261 e. The second-order valence-corrected chi connectivity index (χ2v) is 6.38. The number of hydrogen-bond acceptors (Lipinski definition) is 4. The largest absolute Gasteiger partial charge is 0.491 e. The van der Waals surface area contributed by atoms with E-state index in [9.17, 15) is 9.59 Å². The average molecular weight is 303 g/mol. The van der Waals surface area contributed by atoms with E-state index in [0.717, 1.165) is 17.9 Å². The third-order valence-corrected chi connectivity index (χ3v) is 4.97. The molecule has 0 N–H and O–H groups in total. The minimum atomic E-state index is -0.214. The van der Waals surface area contributed by atoms with Gasteiger partial charge in [0.15, 0.2) is 0 Å². The van der Waals surface area contributed by atoms with Crippen LogP contribution in [-0.4, -0.2) is 35.1 Å². The van der Waals surface area contributed by atoms with E-state index >= 15 is 0 Å². The summed E-state index contributed by atoms with van der Waals surface area (Å²) in [5.74, 6) is 1.30. The topological polar surface area (TPSA) is 46.6 Å². The number of nitrogens with zero attached hydrogens (tertiary/aromatic N) is 1. The molecule has 1 unspecified atom stereocenters. The van der Waals surface area contributed by atoms with E-state index < -0.39 is 0 Å². The molecule has 0 bridgehead atoms. The minimum Gasteiger partial charge on any atom is -0.491 e. The third-order valence-electron chi connectivity index (χ3n) is 3.77. The number of carbonyl (C=O) groups is 2. The molecule has 0 spiro atoms. The fourth-order valence-corrected chi connectivity index (χ4v) is 3.61. The lowest BCUT2D eigenvalue weighted by Crippen LogP contribution is -2.39. The molecule has 0 fully saturated rings. The first-order valence-electron chi connectivity index (χ1n) is 7.06. The van der Waals surface area contributed by atoms with Crippen LogP contribution in [0.2, 0.25) is 0 Å². The number of carbonyl (C=O) groups excluding carboxylic acids is 2. The second-order valence-electron chi connectivity index (χ2n) is 5.15. The Bertz CT molecular complexity index is 603. The normalized spacial score (nSPS) is 21.6. The van der Waals surface area contributed by atoms with Gasteiger partial charge in [-0.2, -0.15) is 0 Å². The lowest BCUT2D eigenvalue weighted by molar-refractivity contribution is 0.0501. The predicted molar refractivity (Wildman–Crippen MR) is 82.1 cm³/mol. The Morgan fingerprint density at radius 2 is 1.86 bits per heavy atom. The van der Waals surface area contributed by atoms with Crippen molar-refractivity contribution in [2.24, 2.45) is 0 Å². The summed E-state index contributed by atoms with van der Waals surface area (Å²) in [6.45, 7) is 4.40. The summed E-state index contributed by atoms with van der Waals surface area (Å²) in [6, 6.07) is 6.96. The maximum absolute atomic E-state index is 12.3. The van der Waals surface area contributed by atoms with Gasteiger partial charge in [-0.05, 0) is 19.1 Å². The molecule has 2 aliphatic rings. The zero-order valence-electron chi connectivity index (χ0n) is 12.1. The number of allylic oxidation sites excluding steroid dienone is 2. The smallest absolute Gasteiger partial charge is 0.261 e. The van der Waals surface area contributed by atoms with Gasteiger partial charge in [0.25, 0.3) is 11.8 Å². The molecule has 0 aromatic heterocycles. The summed E-state index contributed by atoms with van der Waals surface area (Å²) in [7, 11) is 0. The first-order valence-corrected chi connectivity index (χ1v) is 8.04. The van der Waals surface area contributed by atoms with E-state index in [4.69, 9.17) is 4.74 Å². The summed E-state index contributed by atoms with van der Waals surface area (Å²) in [4.78, 5) is 27.2. The van der Waals surface area contributed by atoms with Crippen molar-refractivity contribution in [3.05, 3.63) is 46.1 Å². The van der Waals surface area contributed by atoms with Gasteiger partial charge in [0.2, 0.25) is 0 Å². The first kappa shape index (κ1) is 14.2. The molecule has 0 radical (unpaired) electrons. The monoisotopic (exact) mass is 303 g/mol. The van der Waals surface area contributed by atoms with Crippen LogP contribution in [0.5, 0.6) is 0 Å². The molecule has 110 valence electrons.